The third kappa shape index (κ3) is 3.29. The van der Waals surface area contributed by atoms with Crippen molar-refractivity contribution >= 4 is 0 Å². The first-order chi connectivity index (χ1) is 13.6. The molecule has 0 radical (unpaired) electrons. The molecule has 146 valence electrons. The lowest BCUT2D eigenvalue weighted by Gasteiger charge is -2.50. The molecule has 0 saturated carbocycles. The molecular formula is C23H27N3O2. The SMILES string of the molecule is Cc1ccc(CN2CC3(CN(Cc4ccccc4)CC3c3ncc(C)o3)C2)o1. The molecule has 0 amide bonds. The zero-order valence-electron chi connectivity index (χ0n) is 16.6. The maximum Gasteiger partial charge on any atom is 0.199 e. The summed E-state index contributed by atoms with van der Waals surface area (Å²) in [5, 5.41) is 0. The van der Waals surface area contributed by atoms with E-state index in [1.54, 1.807) is 0 Å². The molecule has 5 nitrogen and oxygen atoms in total. The first kappa shape index (κ1) is 17.7. The Labute approximate surface area is 166 Å². The van der Waals surface area contributed by atoms with Gasteiger partial charge in [0.15, 0.2) is 5.89 Å². The molecule has 1 unspecified atom stereocenters. The van der Waals surface area contributed by atoms with E-state index in [2.05, 4.69) is 51.2 Å². The Bertz CT molecular complexity index is 940. The highest BCUT2D eigenvalue weighted by Crippen LogP contribution is 2.49. The number of hydrogen-bond donors (Lipinski definition) is 0. The molecule has 0 aliphatic carbocycles. The molecule has 28 heavy (non-hydrogen) atoms. The van der Waals surface area contributed by atoms with Crippen LogP contribution in [0.5, 0.6) is 0 Å². The van der Waals surface area contributed by atoms with Crippen molar-refractivity contribution in [2.24, 2.45) is 5.41 Å². The van der Waals surface area contributed by atoms with Crippen molar-refractivity contribution in [3.05, 3.63) is 77.4 Å². The van der Waals surface area contributed by atoms with E-state index in [1.165, 1.54) is 5.56 Å². The Morgan fingerprint density at radius 2 is 1.71 bits per heavy atom. The fraction of sp³-hybridized carbons (Fsp3) is 0.435. The maximum atomic E-state index is 5.98. The van der Waals surface area contributed by atoms with Crippen molar-refractivity contribution in [3.8, 4) is 0 Å². The number of rotatable bonds is 5. The van der Waals surface area contributed by atoms with Gasteiger partial charge in [0, 0.05) is 38.1 Å². The number of furan rings is 1. The number of likely N-dealkylation sites (tertiary alicyclic amines) is 2. The number of benzene rings is 1. The van der Waals surface area contributed by atoms with E-state index < -0.39 is 0 Å². The minimum Gasteiger partial charge on any atom is -0.465 e. The average Bonchev–Trinajstić information content (AvgIpc) is 3.35. The highest BCUT2D eigenvalue weighted by Gasteiger charge is 2.56. The zero-order valence-corrected chi connectivity index (χ0v) is 16.6. The van der Waals surface area contributed by atoms with E-state index in [-0.39, 0.29) is 5.41 Å². The van der Waals surface area contributed by atoms with Gasteiger partial charge in [-0.2, -0.15) is 0 Å². The van der Waals surface area contributed by atoms with Crippen LogP contribution in [-0.4, -0.2) is 41.0 Å². The summed E-state index contributed by atoms with van der Waals surface area (Å²) in [6.45, 7) is 10.0. The van der Waals surface area contributed by atoms with Gasteiger partial charge in [-0.05, 0) is 31.5 Å². The monoisotopic (exact) mass is 377 g/mol. The number of nitrogens with zero attached hydrogens (tertiary/aromatic N) is 3. The van der Waals surface area contributed by atoms with Gasteiger partial charge < -0.3 is 8.83 Å². The van der Waals surface area contributed by atoms with Crippen LogP contribution in [0.25, 0.3) is 0 Å². The predicted molar refractivity (Wildman–Crippen MR) is 107 cm³/mol. The highest BCUT2D eigenvalue weighted by molar-refractivity contribution is 5.20. The van der Waals surface area contributed by atoms with Gasteiger partial charge in [-0.15, -0.1) is 0 Å². The first-order valence-electron chi connectivity index (χ1n) is 10.1. The van der Waals surface area contributed by atoms with Crippen molar-refractivity contribution in [1.82, 2.24) is 14.8 Å². The van der Waals surface area contributed by atoms with Crippen molar-refractivity contribution in [2.45, 2.75) is 32.9 Å². The fourth-order valence-corrected chi connectivity index (χ4v) is 4.97. The summed E-state index contributed by atoms with van der Waals surface area (Å²) in [6, 6.07) is 14.9. The molecule has 2 aromatic heterocycles. The number of hydrogen-bond acceptors (Lipinski definition) is 5. The van der Waals surface area contributed by atoms with E-state index in [4.69, 9.17) is 8.83 Å². The molecule has 1 spiro atoms. The Morgan fingerprint density at radius 3 is 2.39 bits per heavy atom. The lowest BCUT2D eigenvalue weighted by atomic mass is 9.71. The molecule has 0 N–H and O–H groups in total. The molecule has 0 bridgehead atoms. The van der Waals surface area contributed by atoms with E-state index in [1.807, 2.05) is 26.1 Å². The van der Waals surface area contributed by atoms with Gasteiger partial charge in [-0.25, -0.2) is 4.98 Å². The van der Waals surface area contributed by atoms with Gasteiger partial charge in [0.25, 0.3) is 0 Å². The van der Waals surface area contributed by atoms with E-state index >= 15 is 0 Å². The quantitative estimate of drug-likeness (QED) is 0.673. The highest BCUT2D eigenvalue weighted by atomic mass is 16.4. The number of aromatic nitrogens is 1. The zero-order chi connectivity index (χ0) is 19.1. The summed E-state index contributed by atoms with van der Waals surface area (Å²) < 4.78 is 11.8. The Kier molecular flexibility index (Phi) is 4.37. The van der Waals surface area contributed by atoms with Crippen LogP contribution in [0.2, 0.25) is 0 Å². The van der Waals surface area contributed by atoms with Crippen molar-refractivity contribution in [1.29, 1.82) is 0 Å². The summed E-state index contributed by atoms with van der Waals surface area (Å²) in [5.74, 6) is 4.18. The van der Waals surface area contributed by atoms with Gasteiger partial charge in [0.05, 0.1) is 18.7 Å². The van der Waals surface area contributed by atoms with Crippen LogP contribution in [0, 0.1) is 19.3 Å². The molecule has 2 aliphatic heterocycles. The molecule has 1 aromatic carbocycles. The van der Waals surface area contributed by atoms with Crippen LogP contribution in [0.3, 0.4) is 0 Å². The standard InChI is InChI=1S/C23H27N3O2/c1-17-8-9-20(27-17)12-26-15-23(16-26)14-25(11-19-6-4-3-5-7-19)13-21(23)22-24-10-18(2)28-22/h3-10,21H,11-16H2,1-2H3. The second kappa shape index (κ2) is 6.90. The summed E-state index contributed by atoms with van der Waals surface area (Å²) >= 11 is 0. The number of oxazole rings is 1. The Morgan fingerprint density at radius 1 is 0.929 bits per heavy atom. The topological polar surface area (TPSA) is 45.7 Å². The molecule has 2 saturated heterocycles. The summed E-state index contributed by atoms with van der Waals surface area (Å²) in [4.78, 5) is 9.64. The van der Waals surface area contributed by atoms with Crippen molar-refractivity contribution in [2.75, 3.05) is 26.2 Å². The van der Waals surface area contributed by atoms with Gasteiger partial charge in [-0.1, -0.05) is 30.3 Å². The molecular weight excluding hydrogens is 350 g/mol. The molecule has 3 aromatic rings. The molecule has 4 heterocycles. The summed E-state index contributed by atoms with van der Waals surface area (Å²) in [5.41, 5.74) is 1.58. The van der Waals surface area contributed by atoms with Crippen LogP contribution in [0.4, 0.5) is 0 Å². The van der Waals surface area contributed by atoms with E-state index in [9.17, 15) is 0 Å². The van der Waals surface area contributed by atoms with Crippen LogP contribution in [0.15, 0.2) is 57.5 Å². The summed E-state index contributed by atoms with van der Waals surface area (Å²) in [6.07, 6.45) is 1.85. The van der Waals surface area contributed by atoms with E-state index in [0.717, 1.165) is 62.4 Å². The predicted octanol–water partition coefficient (Wildman–Crippen LogP) is 3.99. The largest absolute Gasteiger partial charge is 0.465 e. The van der Waals surface area contributed by atoms with Gasteiger partial charge in [0.2, 0.25) is 0 Å². The average molecular weight is 377 g/mol. The van der Waals surface area contributed by atoms with Crippen LogP contribution < -0.4 is 0 Å². The van der Waals surface area contributed by atoms with Gasteiger partial charge >= 0.3 is 0 Å². The molecule has 5 heteroatoms. The fourth-order valence-electron chi connectivity index (χ4n) is 4.97. The van der Waals surface area contributed by atoms with Gasteiger partial charge in [-0.3, -0.25) is 9.80 Å². The number of aryl methyl sites for hydroxylation is 2. The summed E-state index contributed by atoms with van der Waals surface area (Å²) in [7, 11) is 0. The van der Waals surface area contributed by atoms with Gasteiger partial charge in [0.1, 0.15) is 17.3 Å². The van der Waals surface area contributed by atoms with Crippen LogP contribution >= 0.6 is 0 Å². The first-order valence-corrected chi connectivity index (χ1v) is 10.1. The molecule has 2 fully saturated rings. The normalized spacial score (nSPS) is 22.0. The molecule has 2 aliphatic rings. The maximum absolute atomic E-state index is 5.98. The molecule has 1 atom stereocenters. The second-order valence-corrected chi connectivity index (χ2v) is 8.54. The lowest BCUT2D eigenvalue weighted by molar-refractivity contribution is -0.0181. The lowest BCUT2D eigenvalue weighted by Crippen LogP contribution is -2.59. The minimum atomic E-state index is 0.216. The van der Waals surface area contributed by atoms with E-state index in [0.29, 0.717) is 5.92 Å². The smallest absolute Gasteiger partial charge is 0.199 e. The van der Waals surface area contributed by atoms with Crippen LogP contribution in [-0.2, 0) is 13.1 Å². The Balaban J connectivity index is 1.32. The third-order valence-electron chi connectivity index (χ3n) is 6.16. The van der Waals surface area contributed by atoms with Crippen molar-refractivity contribution in [3.63, 3.8) is 0 Å². The Hall–Kier alpha value is -2.37. The van der Waals surface area contributed by atoms with Crippen molar-refractivity contribution < 1.29 is 8.83 Å². The minimum absolute atomic E-state index is 0.216. The third-order valence-corrected chi connectivity index (χ3v) is 6.16. The second-order valence-electron chi connectivity index (χ2n) is 8.54. The van der Waals surface area contributed by atoms with Crippen LogP contribution in [0.1, 0.15) is 34.7 Å². The molecule has 5 rings (SSSR count).